The van der Waals surface area contributed by atoms with Gasteiger partial charge in [0, 0.05) is 22.5 Å². The average Bonchev–Trinajstić information content (AvgIpc) is 2.70. The normalized spacial score (nSPS) is 10.6. The van der Waals surface area contributed by atoms with Gasteiger partial charge in [-0.25, -0.2) is 0 Å². The molecule has 0 bridgehead atoms. The zero-order valence-electron chi connectivity index (χ0n) is 15.2. The van der Waals surface area contributed by atoms with Crippen molar-refractivity contribution in [2.24, 2.45) is 0 Å². The van der Waals surface area contributed by atoms with E-state index in [1.807, 2.05) is 43.5 Å². The first-order valence-electron chi connectivity index (χ1n) is 8.57. The van der Waals surface area contributed by atoms with E-state index >= 15 is 0 Å². The lowest BCUT2D eigenvalue weighted by Gasteiger charge is -2.14. The molecule has 0 radical (unpaired) electrons. The number of rotatable bonds is 7. The predicted molar refractivity (Wildman–Crippen MR) is 109 cm³/mol. The highest BCUT2D eigenvalue weighted by Crippen LogP contribution is 2.23. The molecule has 27 heavy (non-hydrogen) atoms. The third-order valence-corrected chi connectivity index (χ3v) is 4.60. The molecule has 0 fully saturated rings. The molecule has 0 aliphatic carbocycles. The molecule has 5 nitrogen and oxygen atoms in total. The molecule has 2 aromatic rings. The van der Waals surface area contributed by atoms with Crippen LogP contribution in [-0.2, 0) is 17.6 Å². The molecule has 6 heteroatoms. The SMILES string of the molecule is CCc1cccc(CC)c1NC(=O)/C(C#N)=C\Nc1ccc(SC#N)cc1. The van der Waals surface area contributed by atoms with Gasteiger partial charge in [-0.1, -0.05) is 32.0 Å². The Kier molecular flexibility index (Phi) is 7.49. The molecule has 0 spiro atoms. The fraction of sp³-hybridized carbons (Fsp3) is 0.190. The summed E-state index contributed by atoms with van der Waals surface area (Å²) in [5, 5.41) is 25.9. The molecule has 0 unspecified atom stereocenters. The van der Waals surface area contributed by atoms with Gasteiger partial charge in [-0.15, -0.1) is 0 Å². The Hall–Kier alpha value is -3.22. The summed E-state index contributed by atoms with van der Waals surface area (Å²) in [5.74, 6) is -0.447. The highest BCUT2D eigenvalue weighted by Gasteiger charge is 2.13. The van der Waals surface area contributed by atoms with E-state index in [1.165, 1.54) is 6.20 Å². The van der Waals surface area contributed by atoms with Gasteiger partial charge in [0.05, 0.1) is 0 Å². The summed E-state index contributed by atoms with van der Waals surface area (Å²) in [6, 6.07) is 15.0. The Morgan fingerprint density at radius 2 is 1.70 bits per heavy atom. The maximum Gasteiger partial charge on any atom is 0.267 e. The second-order valence-corrected chi connectivity index (χ2v) is 6.50. The first-order valence-corrected chi connectivity index (χ1v) is 9.39. The Morgan fingerprint density at radius 1 is 1.07 bits per heavy atom. The Labute approximate surface area is 163 Å². The van der Waals surface area contributed by atoms with Crippen LogP contribution in [0.25, 0.3) is 0 Å². The number of nitrogens with zero attached hydrogens (tertiary/aromatic N) is 2. The number of thiocyanates is 1. The molecule has 2 aromatic carbocycles. The summed E-state index contributed by atoms with van der Waals surface area (Å²) in [6.45, 7) is 4.06. The molecule has 2 N–H and O–H groups in total. The molecular weight excluding hydrogens is 356 g/mol. The third-order valence-electron chi connectivity index (χ3n) is 4.00. The van der Waals surface area contributed by atoms with E-state index in [2.05, 4.69) is 10.6 Å². The molecule has 0 atom stereocenters. The highest BCUT2D eigenvalue weighted by molar-refractivity contribution is 8.03. The summed E-state index contributed by atoms with van der Waals surface area (Å²) < 4.78 is 0. The standard InChI is InChI=1S/C21H20N4OS/c1-3-15-6-5-7-16(4-2)20(15)25-21(26)17(12-22)13-24-18-8-10-19(11-9-18)27-14-23/h5-11,13,24H,3-4H2,1-2H3,(H,25,26)/b17-13-. The van der Waals surface area contributed by atoms with Crippen molar-refractivity contribution in [2.45, 2.75) is 31.6 Å². The monoisotopic (exact) mass is 376 g/mol. The van der Waals surface area contributed by atoms with Crippen molar-refractivity contribution in [1.29, 1.82) is 10.5 Å². The fourth-order valence-corrected chi connectivity index (χ4v) is 2.94. The van der Waals surface area contributed by atoms with Crippen LogP contribution in [0.5, 0.6) is 0 Å². The van der Waals surface area contributed by atoms with Crippen molar-refractivity contribution in [3.63, 3.8) is 0 Å². The molecular formula is C21H20N4OS. The lowest BCUT2D eigenvalue weighted by Crippen LogP contribution is -2.17. The van der Waals surface area contributed by atoms with Crippen LogP contribution >= 0.6 is 11.8 Å². The summed E-state index contributed by atoms with van der Waals surface area (Å²) in [4.78, 5) is 13.4. The largest absolute Gasteiger partial charge is 0.360 e. The zero-order chi connectivity index (χ0) is 19.6. The third kappa shape index (κ3) is 5.37. The number of carbonyl (C=O) groups excluding carboxylic acids is 1. The van der Waals surface area contributed by atoms with E-state index in [0.717, 1.165) is 52.0 Å². The van der Waals surface area contributed by atoms with Gasteiger partial charge in [-0.05, 0) is 60.0 Å². The van der Waals surface area contributed by atoms with Crippen LogP contribution in [0, 0.1) is 22.0 Å². The number of hydrogen-bond donors (Lipinski definition) is 2. The maximum absolute atomic E-state index is 12.6. The number of amides is 1. The van der Waals surface area contributed by atoms with E-state index < -0.39 is 5.91 Å². The lowest BCUT2D eigenvalue weighted by molar-refractivity contribution is -0.112. The van der Waals surface area contributed by atoms with Crippen LogP contribution in [0.4, 0.5) is 11.4 Å². The minimum atomic E-state index is -0.447. The van der Waals surface area contributed by atoms with E-state index in [4.69, 9.17) is 5.26 Å². The molecule has 0 heterocycles. The van der Waals surface area contributed by atoms with Crippen LogP contribution in [0.2, 0.25) is 0 Å². The minimum Gasteiger partial charge on any atom is -0.360 e. The maximum atomic E-state index is 12.6. The Morgan fingerprint density at radius 3 is 2.22 bits per heavy atom. The van der Waals surface area contributed by atoms with Gasteiger partial charge >= 0.3 is 0 Å². The predicted octanol–water partition coefficient (Wildman–Crippen LogP) is 4.84. The summed E-state index contributed by atoms with van der Waals surface area (Å²) >= 11 is 1.07. The van der Waals surface area contributed by atoms with Crippen molar-refractivity contribution < 1.29 is 4.79 Å². The minimum absolute atomic E-state index is 0.0153. The first-order chi connectivity index (χ1) is 13.1. The lowest BCUT2D eigenvalue weighted by atomic mass is 10.0. The second-order valence-electron chi connectivity index (χ2n) is 5.64. The number of benzene rings is 2. The van der Waals surface area contributed by atoms with Gasteiger partial charge in [-0.2, -0.15) is 10.5 Å². The number of anilines is 2. The van der Waals surface area contributed by atoms with E-state index in [0.29, 0.717) is 0 Å². The van der Waals surface area contributed by atoms with Crippen LogP contribution in [0.15, 0.2) is 59.1 Å². The second kappa shape index (κ2) is 10.1. The van der Waals surface area contributed by atoms with Crippen molar-refractivity contribution in [2.75, 3.05) is 10.6 Å². The van der Waals surface area contributed by atoms with Gasteiger partial charge in [0.2, 0.25) is 0 Å². The molecule has 0 saturated carbocycles. The first kappa shape index (κ1) is 20.1. The van der Waals surface area contributed by atoms with Crippen molar-refractivity contribution >= 4 is 29.0 Å². The molecule has 136 valence electrons. The van der Waals surface area contributed by atoms with E-state index in [-0.39, 0.29) is 5.57 Å². The smallest absolute Gasteiger partial charge is 0.267 e. The zero-order valence-corrected chi connectivity index (χ0v) is 16.1. The van der Waals surface area contributed by atoms with Gasteiger partial charge in [-0.3, -0.25) is 4.79 Å². The Bertz CT molecular complexity index is 898. The quantitative estimate of drug-likeness (QED) is 0.312. The number of hydrogen-bond acceptors (Lipinski definition) is 5. The van der Waals surface area contributed by atoms with Gasteiger partial charge in [0.25, 0.3) is 5.91 Å². The molecule has 0 aliphatic rings. The number of nitriles is 2. The van der Waals surface area contributed by atoms with Crippen molar-refractivity contribution in [3.8, 4) is 11.5 Å². The summed E-state index contributed by atoms with van der Waals surface area (Å²) in [5.41, 5.74) is 3.57. The molecule has 0 aromatic heterocycles. The van der Waals surface area contributed by atoms with Crippen LogP contribution in [-0.4, -0.2) is 5.91 Å². The number of aryl methyl sites for hydroxylation is 2. The van der Waals surface area contributed by atoms with Crippen LogP contribution in [0.3, 0.4) is 0 Å². The number of thioether (sulfide) groups is 1. The van der Waals surface area contributed by atoms with E-state index in [1.54, 1.807) is 24.3 Å². The van der Waals surface area contributed by atoms with Gasteiger partial charge < -0.3 is 10.6 Å². The van der Waals surface area contributed by atoms with Crippen molar-refractivity contribution in [3.05, 3.63) is 65.4 Å². The van der Waals surface area contributed by atoms with Crippen molar-refractivity contribution in [1.82, 2.24) is 0 Å². The van der Waals surface area contributed by atoms with Gasteiger partial charge in [0.15, 0.2) is 0 Å². The number of para-hydroxylation sites is 1. The fourth-order valence-electron chi connectivity index (χ4n) is 2.56. The number of nitrogens with one attached hydrogen (secondary N) is 2. The number of carbonyl (C=O) groups is 1. The van der Waals surface area contributed by atoms with E-state index in [9.17, 15) is 10.1 Å². The van der Waals surface area contributed by atoms with Gasteiger partial charge in [0.1, 0.15) is 17.0 Å². The summed E-state index contributed by atoms with van der Waals surface area (Å²) in [6.07, 6.45) is 2.97. The average molecular weight is 376 g/mol. The molecule has 0 saturated heterocycles. The topological polar surface area (TPSA) is 88.7 Å². The van der Waals surface area contributed by atoms with Crippen LogP contribution < -0.4 is 10.6 Å². The highest BCUT2D eigenvalue weighted by atomic mass is 32.2. The molecule has 1 amide bonds. The molecule has 2 rings (SSSR count). The summed E-state index contributed by atoms with van der Waals surface area (Å²) in [7, 11) is 0. The van der Waals surface area contributed by atoms with Crippen LogP contribution in [0.1, 0.15) is 25.0 Å². The Balaban J connectivity index is 2.15. The molecule has 0 aliphatic heterocycles.